The molecule has 0 saturated heterocycles. The van der Waals surface area contributed by atoms with Crippen molar-refractivity contribution in [2.75, 3.05) is 0 Å². The summed E-state index contributed by atoms with van der Waals surface area (Å²) in [5.74, 6) is -0.308. The first-order chi connectivity index (χ1) is 10.2. The van der Waals surface area contributed by atoms with Crippen LogP contribution in [0.25, 0.3) is 10.2 Å². The van der Waals surface area contributed by atoms with Crippen molar-refractivity contribution in [2.24, 2.45) is 5.10 Å². The van der Waals surface area contributed by atoms with Crippen LogP contribution in [-0.4, -0.2) is 15.9 Å². The summed E-state index contributed by atoms with van der Waals surface area (Å²) in [4.78, 5) is 18.4. The zero-order valence-electron chi connectivity index (χ0n) is 11.3. The first kappa shape index (κ1) is 13.6. The first-order valence-electron chi connectivity index (χ1n) is 6.47. The van der Waals surface area contributed by atoms with Gasteiger partial charge in [-0.2, -0.15) is 9.78 Å². The van der Waals surface area contributed by atoms with Crippen LogP contribution in [0.5, 0.6) is 0 Å². The number of benzene rings is 1. The standard InChI is InChI=1S/C15H12FN3OS/c1-2-12-7-13-14(21-12)17-9-19(15(13)20)18-8-10-3-5-11(16)6-4-10/h3-9H,2H2,1H3/b18-8-. The second kappa shape index (κ2) is 5.57. The molecule has 0 unspecified atom stereocenters. The minimum absolute atomic E-state index is 0.200. The van der Waals surface area contributed by atoms with Crippen LogP contribution in [-0.2, 0) is 6.42 Å². The molecule has 0 aliphatic carbocycles. The zero-order valence-corrected chi connectivity index (χ0v) is 12.1. The molecule has 0 N–H and O–H groups in total. The van der Waals surface area contributed by atoms with E-state index in [4.69, 9.17) is 0 Å². The average molecular weight is 301 g/mol. The Hall–Kier alpha value is -2.34. The molecule has 0 radical (unpaired) electrons. The van der Waals surface area contributed by atoms with Crippen molar-refractivity contribution in [3.05, 3.63) is 63.3 Å². The molecule has 21 heavy (non-hydrogen) atoms. The molecule has 0 saturated carbocycles. The lowest BCUT2D eigenvalue weighted by Crippen LogP contribution is -2.16. The third-order valence-electron chi connectivity index (χ3n) is 3.04. The summed E-state index contributed by atoms with van der Waals surface area (Å²) in [5, 5.41) is 4.67. The maximum atomic E-state index is 12.8. The highest BCUT2D eigenvalue weighted by Crippen LogP contribution is 2.20. The number of halogens is 1. The third kappa shape index (κ3) is 2.75. The number of rotatable bonds is 3. The molecule has 2 aromatic heterocycles. The number of aryl methyl sites for hydroxylation is 1. The normalized spacial score (nSPS) is 11.5. The zero-order chi connectivity index (χ0) is 14.8. The molecular weight excluding hydrogens is 289 g/mol. The summed E-state index contributed by atoms with van der Waals surface area (Å²) in [6, 6.07) is 7.74. The molecule has 0 bridgehead atoms. The van der Waals surface area contributed by atoms with E-state index in [2.05, 4.69) is 10.1 Å². The van der Waals surface area contributed by atoms with Crippen molar-refractivity contribution in [2.45, 2.75) is 13.3 Å². The second-order valence-electron chi connectivity index (χ2n) is 4.48. The Kier molecular flexibility index (Phi) is 3.62. The average Bonchev–Trinajstić information content (AvgIpc) is 2.92. The number of hydrogen-bond donors (Lipinski definition) is 0. The summed E-state index contributed by atoms with van der Waals surface area (Å²) in [7, 11) is 0. The van der Waals surface area contributed by atoms with Gasteiger partial charge in [-0.15, -0.1) is 11.3 Å². The van der Waals surface area contributed by atoms with E-state index in [1.54, 1.807) is 12.1 Å². The Bertz CT molecular complexity index is 865. The summed E-state index contributed by atoms with van der Waals surface area (Å²) < 4.78 is 14.0. The van der Waals surface area contributed by atoms with Gasteiger partial charge in [-0.3, -0.25) is 4.79 Å². The lowest BCUT2D eigenvalue weighted by Gasteiger charge is -1.97. The van der Waals surface area contributed by atoms with E-state index in [-0.39, 0.29) is 11.4 Å². The molecule has 0 aliphatic heterocycles. The van der Waals surface area contributed by atoms with Gasteiger partial charge in [0.2, 0.25) is 0 Å². The number of hydrogen-bond acceptors (Lipinski definition) is 4. The summed E-state index contributed by atoms with van der Waals surface area (Å²) in [6.45, 7) is 2.04. The molecule has 0 fully saturated rings. The van der Waals surface area contributed by atoms with Gasteiger partial charge in [0, 0.05) is 4.88 Å². The molecule has 1 aromatic carbocycles. The number of fused-ring (bicyclic) bond motifs is 1. The quantitative estimate of drug-likeness (QED) is 0.698. The Morgan fingerprint density at radius 2 is 2.14 bits per heavy atom. The fourth-order valence-electron chi connectivity index (χ4n) is 1.90. The Labute approximate surface area is 124 Å². The maximum absolute atomic E-state index is 12.8. The molecular formula is C15H12FN3OS. The molecule has 6 heteroatoms. The molecule has 4 nitrogen and oxygen atoms in total. The molecule has 106 valence electrons. The SMILES string of the molecule is CCc1cc2c(=O)n(/N=C\c3ccc(F)cc3)cnc2s1. The fourth-order valence-corrected chi connectivity index (χ4v) is 2.82. The van der Waals surface area contributed by atoms with Crippen LogP contribution in [0.3, 0.4) is 0 Å². The van der Waals surface area contributed by atoms with Crippen LogP contribution in [0.2, 0.25) is 0 Å². The van der Waals surface area contributed by atoms with Crippen LogP contribution in [0.4, 0.5) is 4.39 Å². The van der Waals surface area contributed by atoms with Crippen molar-refractivity contribution in [1.29, 1.82) is 0 Å². The van der Waals surface area contributed by atoms with Gasteiger partial charge >= 0.3 is 0 Å². The van der Waals surface area contributed by atoms with Gasteiger partial charge in [-0.05, 0) is 30.2 Å². The fraction of sp³-hybridized carbons (Fsp3) is 0.133. The highest BCUT2D eigenvalue weighted by molar-refractivity contribution is 7.18. The lowest BCUT2D eigenvalue weighted by atomic mass is 10.2. The van der Waals surface area contributed by atoms with E-state index in [9.17, 15) is 9.18 Å². The van der Waals surface area contributed by atoms with Gasteiger partial charge in [0.25, 0.3) is 5.56 Å². The van der Waals surface area contributed by atoms with Crippen molar-refractivity contribution in [3.63, 3.8) is 0 Å². The largest absolute Gasteiger partial charge is 0.282 e. The lowest BCUT2D eigenvalue weighted by molar-refractivity contribution is 0.628. The summed E-state index contributed by atoms with van der Waals surface area (Å²) >= 11 is 1.52. The predicted molar refractivity (Wildman–Crippen MR) is 82.7 cm³/mol. The Balaban J connectivity index is 1.99. The van der Waals surface area contributed by atoms with Gasteiger partial charge in [-0.25, -0.2) is 9.37 Å². The van der Waals surface area contributed by atoms with Crippen molar-refractivity contribution < 1.29 is 4.39 Å². The van der Waals surface area contributed by atoms with Gasteiger partial charge in [0.1, 0.15) is 17.0 Å². The molecule has 0 atom stereocenters. The van der Waals surface area contributed by atoms with E-state index in [0.717, 1.165) is 16.1 Å². The van der Waals surface area contributed by atoms with E-state index in [1.807, 2.05) is 13.0 Å². The van der Waals surface area contributed by atoms with E-state index >= 15 is 0 Å². The van der Waals surface area contributed by atoms with Gasteiger partial charge < -0.3 is 0 Å². The molecule has 0 amide bonds. The van der Waals surface area contributed by atoms with Gasteiger partial charge in [0.15, 0.2) is 0 Å². The Morgan fingerprint density at radius 3 is 2.86 bits per heavy atom. The van der Waals surface area contributed by atoms with Crippen LogP contribution in [0.15, 0.2) is 46.6 Å². The summed E-state index contributed by atoms with van der Waals surface area (Å²) in [5.41, 5.74) is 0.511. The highest BCUT2D eigenvalue weighted by Gasteiger charge is 2.07. The monoisotopic (exact) mass is 301 g/mol. The first-order valence-corrected chi connectivity index (χ1v) is 7.29. The molecule has 0 spiro atoms. The number of nitrogens with zero attached hydrogens (tertiary/aromatic N) is 3. The second-order valence-corrected chi connectivity index (χ2v) is 5.59. The molecule has 0 aliphatic rings. The molecule has 3 rings (SSSR count). The van der Waals surface area contributed by atoms with Crippen LogP contribution < -0.4 is 5.56 Å². The molecule has 2 heterocycles. The smallest absolute Gasteiger partial charge is 0.267 e. The number of aromatic nitrogens is 2. The van der Waals surface area contributed by atoms with Crippen LogP contribution in [0, 0.1) is 5.82 Å². The number of thiophene rings is 1. The third-order valence-corrected chi connectivity index (χ3v) is 4.22. The van der Waals surface area contributed by atoms with Crippen molar-refractivity contribution in [3.8, 4) is 0 Å². The summed E-state index contributed by atoms with van der Waals surface area (Å²) in [6.07, 6.45) is 3.78. The minimum Gasteiger partial charge on any atom is -0.267 e. The van der Waals surface area contributed by atoms with E-state index < -0.39 is 0 Å². The maximum Gasteiger partial charge on any atom is 0.282 e. The van der Waals surface area contributed by atoms with Gasteiger partial charge in [-0.1, -0.05) is 19.1 Å². The van der Waals surface area contributed by atoms with Crippen molar-refractivity contribution >= 4 is 27.8 Å². The minimum atomic E-state index is -0.308. The van der Waals surface area contributed by atoms with Gasteiger partial charge in [0.05, 0.1) is 11.6 Å². The van der Waals surface area contributed by atoms with E-state index in [0.29, 0.717) is 10.9 Å². The van der Waals surface area contributed by atoms with E-state index in [1.165, 1.54) is 40.7 Å². The predicted octanol–water partition coefficient (Wildman–Crippen LogP) is 3.04. The van der Waals surface area contributed by atoms with Crippen molar-refractivity contribution in [1.82, 2.24) is 9.66 Å². The van der Waals surface area contributed by atoms with Crippen LogP contribution >= 0.6 is 11.3 Å². The Morgan fingerprint density at radius 1 is 1.38 bits per heavy atom. The molecule has 3 aromatic rings. The van der Waals surface area contributed by atoms with Crippen LogP contribution in [0.1, 0.15) is 17.4 Å². The topological polar surface area (TPSA) is 47.2 Å². The highest BCUT2D eigenvalue weighted by atomic mass is 32.1.